The summed E-state index contributed by atoms with van der Waals surface area (Å²) in [5.41, 5.74) is 11.2. The SMILES string of the molecule is C=C1C[C@H]2[C@H](O)N(C(=O)OCc3ccc(CC(=O)[C@H](CCCCN)NC(=O)[C@@H](CC(=O)CCOCCOCCCC(=O)CCN4C(=O)CC(SC)C4=O)C(C)C)cc3)c3cc(OCCCC(=O)Nc4cn(C)c(C(=O)Cc5ccc(-c6cc(C(=O)n7ccc8cc(C(=O)O)ccc87)n(C)c6)cc5)n4)ccc3C(=O)N2C1. The number of ether oxygens (including phenoxy) is 4. The summed E-state index contributed by atoms with van der Waals surface area (Å²) in [7, 11) is 3.41. The van der Waals surface area contributed by atoms with Gasteiger partial charge in [-0.05, 0) is 122 Å². The number of carboxylic acid groups (broad SMARTS) is 1. The van der Waals surface area contributed by atoms with Crippen LogP contribution in [0.5, 0.6) is 5.75 Å². The smallest absolute Gasteiger partial charge is 0.416 e. The van der Waals surface area contributed by atoms with E-state index in [-0.39, 0.29) is 197 Å². The van der Waals surface area contributed by atoms with Crippen LogP contribution in [0.25, 0.3) is 22.0 Å². The molecule has 29 heteroatoms. The number of nitrogens with two attached hydrogens (primary N) is 1. The number of ketones is 4. The molecule has 582 valence electrons. The van der Waals surface area contributed by atoms with Crippen LogP contribution in [0, 0.1) is 11.8 Å². The molecular formula is C81H94N10O18S. The second kappa shape index (κ2) is 38.1. The number of aliphatic hydroxyl groups is 1. The average molecular weight is 1530 g/mol. The highest BCUT2D eigenvalue weighted by Gasteiger charge is 2.46. The normalized spacial score (nSPS) is 16.1. The van der Waals surface area contributed by atoms with Gasteiger partial charge in [0.05, 0.1) is 66.1 Å². The number of fused-ring (bicyclic) bond motifs is 3. The van der Waals surface area contributed by atoms with Gasteiger partial charge in [-0.25, -0.2) is 19.5 Å². The minimum Gasteiger partial charge on any atom is -0.494 e. The number of imidazole rings is 1. The number of imide groups is 1. The maximum Gasteiger partial charge on any atom is 0.416 e. The number of aromatic nitrogens is 4. The average Bonchev–Trinajstić information content (AvgIpc) is 1.61. The van der Waals surface area contributed by atoms with Crippen molar-refractivity contribution >= 4 is 105 Å². The highest BCUT2D eigenvalue weighted by molar-refractivity contribution is 8.00. The lowest BCUT2D eigenvalue weighted by atomic mass is 9.88. The topological polar surface area (TPSA) is 370 Å². The number of hydrogen-bond donors (Lipinski definition) is 5. The Balaban J connectivity index is 0.663. The molecule has 3 aromatic heterocycles. The Hall–Kier alpha value is -10.7. The standard InChI is InChI=1S/C81H94N10O18S/c1-49(2)62(42-59(93)28-34-107-36-35-106-32-9-11-58(92)27-31-89-73(97)44-70(110-6)79(89)102)75(98)83-63(12-7-8-29-82)68(94)38-51-14-16-53(17-15-51)48-109-81(105)91-65-43-60(23-24-61(65)76(99)90-45-50(3)37-67(90)78(91)101)108-33-10-13-72(96)84-71-47-87(5)74(85-71)69(95)39-52-18-20-54(21-19-52)57-41-66(86(4)46-57)77(100)88-30-26-55-40-56(80(103)104)22-25-64(55)88/h14-26,30,40-41,43,46-47,49,62-63,67,70,78,101H,3,7-13,27-29,31-39,42,44-45,48,82H2,1-2,4-6H3,(H,83,98)(H,84,96)(H,103,104)/t62-,63-,67-,70?,78-/m0/s1. The summed E-state index contributed by atoms with van der Waals surface area (Å²) in [4.78, 5) is 166. The Morgan fingerprint density at radius 3 is 2.18 bits per heavy atom. The van der Waals surface area contributed by atoms with Gasteiger partial charge >= 0.3 is 12.1 Å². The number of aromatic carboxylic acids is 1. The number of aliphatic hydroxyl groups excluding tert-OH is 1. The summed E-state index contributed by atoms with van der Waals surface area (Å²) in [6, 6.07) is 25.0. The maximum atomic E-state index is 14.3. The van der Waals surface area contributed by atoms with E-state index in [9.17, 15) is 67.7 Å². The van der Waals surface area contributed by atoms with Gasteiger partial charge in [0.25, 0.3) is 11.8 Å². The largest absolute Gasteiger partial charge is 0.494 e. The Morgan fingerprint density at radius 2 is 1.46 bits per heavy atom. The number of amides is 6. The van der Waals surface area contributed by atoms with E-state index in [1.54, 1.807) is 79.6 Å². The molecule has 6 heterocycles. The lowest BCUT2D eigenvalue weighted by Crippen LogP contribution is -2.50. The molecule has 0 spiro atoms. The lowest BCUT2D eigenvalue weighted by Gasteiger charge is -2.31. The number of anilines is 2. The summed E-state index contributed by atoms with van der Waals surface area (Å²) in [6.07, 6.45) is 7.13. The highest BCUT2D eigenvalue weighted by atomic mass is 32.2. The Bertz CT molecular complexity index is 4600. The number of nitrogens with one attached hydrogen (secondary N) is 2. The van der Waals surface area contributed by atoms with Crippen LogP contribution in [-0.4, -0.2) is 192 Å². The van der Waals surface area contributed by atoms with Gasteiger partial charge in [0.15, 0.2) is 23.7 Å². The number of likely N-dealkylation sites (tertiary alicyclic amines) is 1. The molecule has 0 bridgehead atoms. The van der Waals surface area contributed by atoms with Gasteiger partial charge in [0, 0.05) is 127 Å². The zero-order chi connectivity index (χ0) is 78.9. The van der Waals surface area contributed by atoms with Crippen LogP contribution in [0.3, 0.4) is 0 Å². The molecule has 6 amide bonds. The van der Waals surface area contributed by atoms with Crippen LogP contribution < -0.4 is 26.0 Å². The minimum absolute atomic E-state index is 0.00785. The van der Waals surface area contributed by atoms with E-state index in [2.05, 4.69) is 22.2 Å². The van der Waals surface area contributed by atoms with Gasteiger partial charge in [-0.2, -0.15) is 11.8 Å². The Morgan fingerprint density at radius 1 is 0.745 bits per heavy atom. The summed E-state index contributed by atoms with van der Waals surface area (Å²) in [6.45, 7) is 9.00. The fraction of sp³-hybridized carbons (Fsp3) is 0.420. The summed E-state index contributed by atoms with van der Waals surface area (Å²) >= 11 is 1.33. The molecule has 0 radical (unpaired) electrons. The van der Waals surface area contributed by atoms with Crippen LogP contribution in [0.15, 0.2) is 128 Å². The molecule has 6 N–H and O–H groups in total. The molecule has 0 aliphatic carbocycles. The summed E-state index contributed by atoms with van der Waals surface area (Å²) < 4.78 is 27.8. The predicted octanol–water partition coefficient (Wildman–Crippen LogP) is 8.85. The van der Waals surface area contributed by atoms with Crippen molar-refractivity contribution in [2.45, 2.75) is 134 Å². The first-order valence-corrected chi connectivity index (χ1v) is 38.1. The number of carbonyl (C=O) groups is 12. The van der Waals surface area contributed by atoms with Gasteiger partial charge in [-0.3, -0.25) is 57.4 Å². The monoisotopic (exact) mass is 1530 g/mol. The van der Waals surface area contributed by atoms with Crippen LogP contribution in [0.4, 0.5) is 16.3 Å². The molecule has 110 heavy (non-hydrogen) atoms. The van der Waals surface area contributed by atoms with Crippen molar-refractivity contribution < 1.29 is 86.7 Å². The zero-order valence-electron chi connectivity index (χ0n) is 62.4. The number of benzene rings is 4. The third kappa shape index (κ3) is 20.8. The second-order valence-corrected chi connectivity index (χ2v) is 29.2. The van der Waals surface area contributed by atoms with E-state index in [1.807, 2.05) is 44.3 Å². The Labute approximate surface area is 641 Å². The van der Waals surface area contributed by atoms with E-state index < -0.39 is 54.0 Å². The number of thioether (sulfide) groups is 1. The molecule has 28 nitrogen and oxygen atoms in total. The number of aryl methyl sites for hydroxylation is 2. The van der Waals surface area contributed by atoms with E-state index in [1.165, 1.54) is 61.2 Å². The van der Waals surface area contributed by atoms with Crippen molar-refractivity contribution in [1.82, 2.24) is 33.8 Å². The van der Waals surface area contributed by atoms with E-state index in [0.717, 1.165) is 16.0 Å². The van der Waals surface area contributed by atoms with Crippen molar-refractivity contribution in [2.75, 3.05) is 69.1 Å². The predicted molar refractivity (Wildman–Crippen MR) is 409 cm³/mol. The highest BCUT2D eigenvalue weighted by Crippen LogP contribution is 2.39. The molecular weight excluding hydrogens is 1430 g/mol. The molecule has 3 aliphatic heterocycles. The van der Waals surface area contributed by atoms with Gasteiger partial charge < -0.3 is 59.6 Å². The number of carbonyl (C=O) groups excluding carboxylic acids is 11. The first-order chi connectivity index (χ1) is 52.8. The number of rotatable bonds is 40. The minimum atomic E-state index is -1.56. The molecule has 4 aromatic carbocycles. The molecule has 7 aromatic rings. The fourth-order valence-electron chi connectivity index (χ4n) is 13.6. The Kier molecular flexibility index (Phi) is 28.3. The van der Waals surface area contributed by atoms with Crippen LogP contribution in [0.1, 0.15) is 149 Å². The van der Waals surface area contributed by atoms with Gasteiger partial charge in [-0.15, -0.1) is 0 Å². The number of carboxylic acids is 1. The molecule has 2 fully saturated rings. The van der Waals surface area contributed by atoms with Gasteiger partial charge in [0.2, 0.25) is 29.4 Å². The number of nitrogens with zero attached hydrogens (tertiary/aromatic N) is 7. The maximum absolute atomic E-state index is 14.3. The van der Waals surface area contributed by atoms with Crippen molar-refractivity contribution in [3.8, 4) is 16.9 Å². The summed E-state index contributed by atoms with van der Waals surface area (Å²) in [5, 5.41) is 27.3. The second-order valence-electron chi connectivity index (χ2n) is 28.2. The van der Waals surface area contributed by atoms with Crippen molar-refractivity contribution in [1.29, 1.82) is 0 Å². The van der Waals surface area contributed by atoms with Crippen LogP contribution in [0.2, 0.25) is 0 Å². The molecule has 5 atom stereocenters. The van der Waals surface area contributed by atoms with Gasteiger partial charge in [-0.1, -0.05) is 74.5 Å². The van der Waals surface area contributed by atoms with Gasteiger partial charge in [0.1, 0.15) is 29.6 Å². The van der Waals surface area contributed by atoms with Crippen LogP contribution in [-0.2, 0) is 81.3 Å². The third-order valence-electron chi connectivity index (χ3n) is 19.8. The molecule has 0 saturated carbocycles. The lowest BCUT2D eigenvalue weighted by molar-refractivity contribution is -0.138. The van der Waals surface area contributed by atoms with Crippen molar-refractivity contribution in [3.63, 3.8) is 0 Å². The zero-order valence-corrected chi connectivity index (χ0v) is 63.3. The van der Waals surface area contributed by atoms with Crippen molar-refractivity contribution in [2.24, 2.45) is 31.7 Å². The number of hydrogen-bond acceptors (Lipinski definition) is 20. The van der Waals surface area contributed by atoms with E-state index >= 15 is 0 Å². The first-order valence-electron chi connectivity index (χ1n) is 36.9. The molecule has 2 saturated heterocycles. The molecule has 1 unspecified atom stereocenters. The molecule has 3 aliphatic rings. The quantitative estimate of drug-likeness (QED) is 0.0104. The van der Waals surface area contributed by atoms with E-state index in [4.69, 9.17) is 24.7 Å². The van der Waals surface area contributed by atoms with E-state index in [0.29, 0.717) is 77.7 Å². The fourth-order valence-corrected chi connectivity index (χ4v) is 14.3. The van der Waals surface area contributed by atoms with Crippen LogP contribution >= 0.6 is 11.8 Å². The number of Topliss-reactive ketones (excluding diaryl/α,β-unsaturated/α-hetero) is 4. The summed E-state index contributed by atoms with van der Waals surface area (Å²) in [5.74, 6) is -4.32. The molecule has 10 rings (SSSR count). The number of unbranched alkanes of at least 4 members (excludes halogenated alkanes) is 1. The third-order valence-corrected chi connectivity index (χ3v) is 20.7. The first kappa shape index (κ1) is 81.8. The van der Waals surface area contributed by atoms with Crippen molar-refractivity contribution in [3.05, 3.63) is 167 Å².